The van der Waals surface area contributed by atoms with Gasteiger partial charge < -0.3 is 31.1 Å². The Bertz CT molecular complexity index is 3750. The maximum Gasteiger partial charge on any atom is 0.329 e. The molecule has 12 rings (SSSR count). The fraction of sp³-hybridized carbons (Fsp3) is 0.160. The topological polar surface area (TPSA) is 240 Å². The van der Waals surface area contributed by atoms with Gasteiger partial charge in [-0.15, -0.1) is 82.0 Å². The molecule has 0 bridgehead atoms. The Morgan fingerprint density at radius 1 is 0.539 bits per heavy atom. The number of aliphatic carboxylic acids is 4. The molecular weight excluding hydrogens is 1390 g/mol. The van der Waals surface area contributed by atoms with Crippen LogP contribution in [0.25, 0.3) is 62.9 Å². The third kappa shape index (κ3) is 15.5. The second kappa shape index (κ2) is 29.9. The van der Waals surface area contributed by atoms with Crippen molar-refractivity contribution in [1.82, 2.24) is 9.97 Å². The minimum absolute atomic E-state index is 0. The Morgan fingerprint density at radius 3 is 1.68 bits per heavy atom. The first-order valence-electron chi connectivity index (χ1n) is 21.4. The molecule has 2 fully saturated rings. The molecule has 16 nitrogen and oxygen atoms in total. The van der Waals surface area contributed by atoms with E-state index in [2.05, 4.69) is 68.3 Å². The summed E-state index contributed by atoms with van der Waals surface area (Å²) in [4.78, 5) is 60.7. The molecule has 4 aliphatic rings. The van der Waals surface area contributed by atoms with E-state index in [0.717, 1.165) is 78.1 Å². The number of rotatable bonds is 6. The SMILES string of the molecule is C=[n+]1c(=C2[N-]C(C(=O)O)CS2)ccc2c[c-]ccc21.C=[n+]1c(=C2[N-]C(C(=O)O)CS2)sc2c[c-]ccc21.O=C(O)C1CSC(c2ccc3c[c-]ccc3n2)=N1.O=C(O)C1CSC(c2nc3cc[c-]cc3s2)=N1.[Y].[Y].[Y].[Y]. The molecule has 8 heterocycles. The van der Waals surface area contributed by atoms with Gasteiger partial charge in [0.2, 0.25) is 4.66 Å². The summed E-state index contributed by atoms with van der Waals surface area (Å²) in [5.74, 6) is -1.57. The maximum absolute atomic E-state index is 10.9. The van der Waals surface area contributed by atoms with Crippen molar-refractivity contribution < 1.29 is 179 Å². The fourth-order valence-electron chi connectivity index (χ4n) is 7.08. The minimum Gasteiger partial charge on any atom is -0.661 e. The van der Waals surface area contributed by atoms with Crippen LogP contribution in [-0.4, -0.2) is 112 Å². The van der Waals surface area contributed by atoms with Gasteiger partial charge in [0.1, 0.15) is 39.6 Å². The second-order valence-corrected chi connectivity index (χ2v) is 21.6. The molecule has 76 heavy (non-hydrogen) atoms. The van der Waals surface area contributed by atoms with Crippen molar-refractivity contribution in [2.75, 3.05) is 23.0 Å². The maximum atomic E-state index is 10.9. The molecule has 0 saturated carbocycles. The van der Waals surface area contributed by atoms with Crippen LogP contribution >= 0.6 is 69.7 Å². The van der Waals surface area contributed by atoms with Crippen LogP contribution in [0.15, 0.2) is 107 Å². The number of aromatic nitrogens is 4. The number of carboxylic acids is 4. The number of hydrogen-bond acceptors (Lipinski definition) is 14. The third-order valence-electron chi connectivity index (χ3n) is 10.7. The number of nitrogens with zero attached hydrogens (tertiary/aromatic N) is 8. The molecule has 4 aromatic carbocycles. The standard InChI is InChI=1S/C14H11N2O2S.C13H9N2O2S.C12H9N2O2S2.C11H7N2O2S2.4Y/c1-16-11-5-3-2-4-9(11)6-7-12(16)13-15-10(8-19-13)14(17)18;16-13(17)11-7-18-12(15-11)10-6-5-8-3-1-2-4-9(8)14-10;1-14-8-4-2-3-5-9(8)18-11(14)10-13-7(6-17-10)12(15)16;14-11(15)7-5-16-9(13-7)10-12-6-3-1-2-4-8(6)17-10;;;;/h3-7,10H,1,8H2,(H,17,18);2-6,11H,7H2,(H,16,17);2,4-5,7H,1,6H2,(H,15,16);1,3-4,7H,5H2,(H,14,15);;;;/q4*-1;;;;. The summed E-state index contributed by atoms with van der Waals surface area (Å²) < 4.78 is 6.62. The number of thiazole rings is 2. The van der Waals surface area contributed by atoms with E-state index in [1.54, 1.807) is 15.6 Å². The Balaban J connectivity index is 0.000000184. The zero-order valence-electron chi connectivity index (χ0n) is 39.5. The number of thioether (sulfide) groups is 4. The van der Waals surface area contributed by atoms with Crippen molar-refractivity contribution in [3.05, 3.63) is 166 Å². The first-order chi connectivity index (χ1) is 34.8. The largest absolute Gasteiger partial charge is 0.661 e. The van der Waals surface area contributed by atoms with Crippen LogP contribution < -0.4 is 18.5 Å². The monoisotopic (exact) mass is 1420 g/mol. The van der Waals surface area contributed by atoms with E-state index in [4.69, 9.17) is 20.4 Å². The molecule has 4 aliphatic heterocycles. The number of carbonyl (C=O) groups is 4. The van der Waals surface area contributed by atoms with Crippen LogP contribution in [0.4, 0.5) is 0 Å². The molecule has 26 heteroatoms. The second-order valence-electron chi connectivity index (χ2n) is 15.5. The molecule has 4 aromatic heterocycles. The van der Waals surface area contributed by atoms with Gasteiger partial charge in [-0.1, -0.05) is 28.3 Å². The molecule has 4 atom stereocenters. The number of aliphatic imine (C=N–C) groups is 2. The normalized spacial score (nSPS) is 19.4. The summed E-state index contributed by atoms with van der Waals surface area (Å²) in [5, 5.41) is 50.8. The van der Waals surface area contributed by atoms with Crippen molar-refractivity contribution in [1.29, 1.82) is 0 Å². The van der Waals surface area contributed by atoms with Gasteiger partial charge >= 0.3 is 11.9 Å². The molecule has 0 amide bonds. The smallest absolute Gasteiger partial charge is 0.329 e. The summed E-state index contributed by atoms with van der Waals surface area (Å²) in [5.41, 5.74) is 4.50. The van der Waals surface area contributed by atoms with Crippen LogP contribution in [0, 0.1) is 37.7 Å². The van der Waals surface area contributed by atoms with Gasteiger partial charge in [-0.3, -0.25) is 29.5 Å². The molecule has 4 unspecified atom stereocenters. The van der Waals surface area contributed by atoms with Gasteiger partial charge in [-0.25, -0.2) is 9.59 Å². The van der Waals surface area contributed by atoms with E-state index in [-0.39, 0.29) is 131 Å². The quantitative estimate of drug-likeness (QED) is 0.103. The van der Waals surface area contributed by atoms with Gasteiger partial charge in [0.15, 0.2) is 17.4 Å². The Hall–Kier alpha value is -2.40. The fourth-order valence-corrected chi connectivity index (χ4v) is 13.4. The summed E-state index contributed by atoms with van der Waals surface area (Å²) in [7, 11) is 0. The predicted molar refractivity (Wildman–Crippen MR) is 286 cm³/mol. The number of hydrogen-bond donors (Lipinski definition) is 4. The summed E-state index contributed by atoms with van der Waals surface area (Å²) in [6.45, 7) is 8.02. The van der Waals surface area contributed by atoms with Gasteiger partial charge in [0.25, 0.3) is 11.9 Å². The van der Waals surface area contributed by atoms with E-state index in [1.807, 2.05) is 101 Å². The summed E-state index contributed by atoms with van der Waals surface area (Å²) >= 11 is 8.90. The number of benzene rings is 4. The summed E-state index contributed by atoms with van der Waals surface area (Å²) in [6.07, 6.45) is 0. The molecule has 4 radical (unpaired) electrons. The molecule has 2 saturated heterocycles. The van der Waals surface area contributed by atoms with Crippen molar-refractivity contribution in [3.63, 3.8) is 0 Å². The van der Waals surface area contributed by atoms with E-state index < -0.39 is 48.0 Å². The van der Waals surface area contributed by atoms with E-state index >= 15 is 0 Å². The van der Waals surface area contributed by atoms with Crippen molar-refractivity contribution in [2.45, 2.75) is 24.2 Å². The van der Waals surface area contributed by atoms with Gasteiger partial charge in [-0.2, -0.15) is 92.6 Å². The van der Waals surface area contributed by atoms with Crippen LogP contribution in [0.2, 0.25) is 0 Å². The van der Waals surface area contributed by atoms with Crippen molar-refractivity contribution >= 4 is 156 Å². The average Bonchev–Trinajstić information content (AvgIpc) is 4.26. The van der Waals surface area contributed by atoms with Crippen molar-refractivity contribution in [2.24, 2.45) is 9.98 Å². The molecule has 8 aromatic rings. The number of fused-ring (bicyclic) bond motifs is 4. The number of carboxylic acid groups (broad SMARTS) is 4. The zero-order valence-corrected chi connectivity index (χ0v) is 55.8. The molecule has 0 spiro atoms. The van der Waals surface area contributed by atoms with Crippen LogP contribution in [-0.2, 0) is 150 Å². The minimum atomic E-state index is -0.882. The zero-order chi connectivity index (χ0) is 50.5. The van der Waals surface area contributed by atoms with Gasteiger partial charge in [0.05, 0.1) is 5.69 Å². The summed E-state index contributed by atoms with van der Waals surface area (Å²) in [6, 6.07) is 39.7. The molecule has 4 N–H and O–H groups in total. The average molecular weight is 1420 g/mol. The van der Waals surface area contributed by atoms with Crippen LogP contribution in [0.5, 0.6) is 0 Å². The first kappa shape index (κ1) is 64.4. The van der Waals surface area contributed by atoms with E-state index in [0.29, 0.717) is 28.1 Å². The molecule has 0 aliphatic carbocycles. The molecular formula is C50H36N8O8S6Y4-4. The number of pyridine rings is 2. The van der Waals surface area contributed by atoms with Crippen molar-refractivity contribution in [3.8, 4) is 0 Å². The Labute approximate surface area is 560 Å². The van der Waals surface area contributed by atoms with Crippen LogP contribution in [0.3, 0.4) is 0 Å². The van der Waals surface area contributed by atoms with E-state index in [9.17, 15) is 19.2 Å². The van der Waals surface area contributed by atoms with Gasteiger partial charge in [0, 0.05) is 142 Å². The van der Waals surface area contributed by atoms with Gasteiger partial charge in [-0.05, 0) is 61.5 Å². The Kier molecular flexibility index (Phi) is 25.3. The van der Waals surface area contributed by atoms with Crippen LogP contribution in [0.1, 0.15) is 10.7 Å². The third-order valence-corrected chi connectivity index (χ3v) is 17.4. The first-order valence-corrected chi connectivity index (χ1v) is 27.0. The van der Waals surface area contributed by atoms with E-state index in [1.165, 1.54) is 58.4 Å². The predicted octanol–water partition coefficient (Wildman–Crippen LogP) is 6.49. The Morgan fingerprint density at radius 2 is 1.08 bits per heavy atom. The molecule has 376 valence electrons.